The number of hydrogen-bond donors (Lipinski definition) is 0. The molecule has 0 saturated carbocycles. The summed E-state index contributed by atoms with van der Waals surface area (Å²) in [7, 11) is 0. The summed E-state index contributed by atoms with van der Waals surface area (Å²) in [6.07, 6.45) is 6.83. The van der Waals surface area contributed by atoms with Crippen LogP contribution in [0.4, 0.5) is 4.79 Å². The standard InChI is InChI=1S/C24H33N3O4/c1-18(15-29-16-20-7-5-6-9-26-20)11-19-12-22(14-25-13-19)30-17-21-8-10-27(21)23(28)31-24(2,3)4/h5-7,9,12-14,18,21H,8,10-11,15-17H2,1-4H3/t18-,21-/m0/s1. The third kappa shape index (κ3) is 7.51. The van der Waals surface area contributed by atoms with E-state index in [1.165, 1.54) is 0 Å². The van der Waals surface area contributed by atoms with Gasteiger partial charge < -0.3 is 19.1 Å². The minimum atomic E-state index is -0.492. The van der Waals surface area contributed by atoms with Crippen LogP contribution in [0.25, 0.3) is 0 Å². The molecule has 1 fully saturated rings. The molecule has 1 aliphatic heterocycles. The van der Waals surface area contributed by atoms with Crippen LogP contribution >= 0.6 is 0 Å². The first kappa shape index (κ1) is 23.0. The zero-order valence-corrected chi connectivity index (χ0v) is 18.9. The molecule has 2 atom stereocenters. The number of pyridine rings is 2. The first-order valence-corrected chi connectivity index (χ1v) is 10.8. The average molecular weight is 428 g/mol. The van der Waals surface area contributed by atoms with Gasteiger partial charge in [-0.1, -0.05) is 13.0 Å². The summed E-state index contributed by atoms with van der Waals surface area (Å²) >= 11 is 0. The third-order valence-electron chi connectivity index (χ3n) is 4.95. The number of amides is 1. The molecule has 7 heteroatoms. The largest absolute Gasteiger partial charge is 0.490 e. The molecule has 7 nitrogen and oxygen atoms in total. The fourth-order valence-corrected chi connectivity index (χ4v) is 3.33. The maximum atomic E-state index is 12.2. The zero-order valence-electron chi connectivity index (χ0n) is 18.9. The Labute approximate surface area is 184 Å². The number of hydrogen-bond acceptors (Lipinski definition) is 6. The maximum Gasteiger partial charge on any atom is 0.410 e. The van der Waals surface area contributed by atoms with Crippen molar-refractivity contribution >= 4 is 6.09 Å². The molecule has 0 aliphatic carbocycles. The zero-order chi connectivity index (χ0) is 22.3. The van der Waals surface area contributed by atoms with E-state index in [9.17, 15) is 4.79 Å². The van der Waals surface area contributed by atoms with Gasteiger partial charge in [-0.15, -0.1) is 0 Å². The van der Waals surface area contributed by atoms with E-state index < -0.39 is 5.60 Å². The SMILES string of the molecule is C[C@H](COCc1ccccn1)Cc1cncc(OC[C@@H]2CCN2C(=O)OC(C)(C)C)c1. The van der Waals surface area contributed by atoms with Gasteiger partial charge in [0.15, 0.2) is 0 Å². The van der Waals surface area contributed by atoms with Crippen LogP contribution < -0.4 is 4.74 Å². The van der Waals surface area contributed by atoms with Crippen molar-refractivity contribution in [1.29, 1.82) is 0 Å². The molecule has 0 spiro atoms. The number of ether oxygens (including phenoxy) is 3. The van der Waals surface area contributed by atoms with Crippen molar-refractivity contribution in [3.05, 3.63) is 54.1 Å². The molecule has 31 heavy (non-hydrogen) atoms. The van der Waals surface area contributed by atoms with Crippen LogP contribution in [-0.2, 0) is 22.5 Å². The first-order valence-electron chi connectivity index (χ1n) is 10.8. The monoisotopic (exact) mass is 427 g/mol. The van der Waals surface area contributed by atoms with Gasteiger partial charge >= 0.3 is 6.09 Å². The highest BCUT2D eigenvalue weighted by molar-refractivity contribution is 5.69. The second-order valence-electron chi connectivity index (χ2n) is 9.10. The highest BCUT2D eigenvalue weighted by atomic mass is 16.6. The number of nitrogens with zero attached hydrogens (tertiary/aromatic N) is 3. The summed E-state index contributed by atoms with van der Waals surface area (Å²) in [6, 6.07) is 7.87. The highest BCUT2D eigenvalue weighted by Crippen LogP contribution is 2.23. The summed E-state index contributed by atoms with van der Waals surface area (Å²) in [5.74, 6) is 1.06. The van der Waals surface area contributed by atoms with Gasteiger partial charge in [-0.2, -0.15) is 0 Å². The van der Waals surface area contributed by atoms with Gasteiger partial charge in [-0.05, 0) is 63.3 Å². The van der Waals surface area contributed by atoms with Crippen molar-refractivity contribution in [3.63, 3.8) is 0 Å². The van der Waals surface area contributed by atoms with Gasteiger partial charge in [0.25, 0.3) is 0 Å². The van der Waals surface area contributed by atoms with Crippen LogP contribution in [0.15, 0.2) is 42.9 Å². The smallest absolute Gasteiger partial charge is 0.410 e. The van der Waals surface area contributed by atoms with Crippen LogP contribution in [0.1, 0.15) is 45.4 Å². The third-order valence-corrected chi connectivity index (χ3v) is 4.95. The maximum absolute atomic E-state index is 12.2. The van der Waals surface area contributed by atoms with Crippen molar-refractivity contribution in [2.24, 2.45) is 5.92 Å². The fraction of sp³-hybridized carbons (Fsp3) is 0.542. The molecule has 3 rings (SSSR count). The predicted molar refractivity (Wildman–Crippen MR) is 118 cm³/mol. The molecule has 0 aromatic carbocycles. The van der Waals surface area contributed by atoms with Crippen molar-refractivity contribution in [2.45, 2.75) is 58.8 Å². The molecular weight excluding hydrogens is 394 g/mol. The average Bonchev–Trinajstić information content (AvgIpc) is 2.67. The topological polar surface area (TPSA) is 73.8 Å². The first-order chi connectivity index (χ1) is 14.8. The number of likely N-dealkylation sites (tertiary alicyclic amines) is 1. The molecule has 168 valence electrons. The minimum absolute atomic E-state index is 0.0393. The number of carbonyl (C=O) groups is 1. The molecule has 0 unspecified atom stereocenters. The number of rotatable bonds is 9. The van der Waals surface area contributed by atoms with Crippen LogP contribution in [0.2, 0.25) is 0 Å². The van der Waals surface area contributed by atoms with Gasteiger partial charge in [0, 0.05) is 25.5 Å². The fourth-order valence-electron chi connectivity index (χ4n) is 3.33. The second-order valence-corrected chi connectivity index (χ2v) is 9.10. The molecular formula is C24H33N3O4. The summed E-state index contributed by atoms with van der Waals surface area (Å²) in [5.41, 5.74) is 1.54. The lowest BCUT2D eigenvalue weighted by Crippen LogP contribution is -2.55. The molecule has 2 aromatic heterocycles. The Morgan fingerprint density at radius 1 is 1.29 bits per heavy atom. The lowest BCUT2D eigenvalue weighted by Gasteiger charge is -2.40. The van der Waals surface area contributed by atoms with Crippen molar-refractivity contribution < 1.29 is 19.0 Å². The van der Waals surface area contributed by atoms with Crippen LogP contribution in [-0.4, -0.2) is 52.4 Å². The lowest BCUT2D eigenvalue weighted by molar-refractivity contribution is -0.0141. The van der Waals surface area contributed by atoms with E-state index in [0.29, 0.717) is 32.3 Å². The molecule has 0 bridgehead atoms. The highest BCUT2D eigenvalue weighted by Gasteiger charge is 2.35. The summed E-state index contributed by atoms with van der Waals surface area (Å²) in [5, 5.41) is 0. The quantitative estimate of drug-likeness (QED) is 0.595. The Bertz CT molecular complexity index is 838. The molecule has 3 heterocycles. The molecule has 1 saturated heterocycles. The van der Waals surface area contributed by atoms with Gasteiger partial charge in [0.05, 0.1) is 24.5 Å². The molecule has 1 aliphatic rings. The van der Waals surface area contributed by atoms with Crippen LogP contribution in [0.5, 0.6) is 5.75 Å². The summed E-state index contributed by atoms with van der Waals surface area (Å²) in [4.78, 5) is 22.5. The van der Waals surface area contributed by atoms with E-state index in [4.69, 9.17) is 14.2 Å². The van der Waals surface area contributed by atoms with Gasteiger partial charge in [0.2, 0.25) is 0 Å². The van der Waals surface area contributed by atoms with Crippen LogP contribution in [0, 0.1) is 5.92 Å². The van der Waals surface area contributed by atoms with E-state index in [1.807, 2.05) is 51.2 Å². The second kappa shape index (κ2) is 10.6. The Morgan fingerprint density at radius 3 is 2.81 bits per heavy atom. The van der Waals surface area contributed by atoms with Gasteiger partial charge in [-0.25, -0.2) is 4.79 Å². The van der Waals surface area contributed by atoms with Crippen LogP contribution in [0.3, 0.4) is 0 Å². The van der Waals surface area contributed by atoms with Gasteiger partial charge in [-0.3, -0.25) is 9.97 Å². The molecule has 2 aromatic rings. The predicted octanol–water partition coefficient (Wildman–Crippen LogP) is 4.26. The number of aromatic nitrogens is 2. The van der Waals surface area contributed by atoms with E-state index in [-0.39, 0.29) is 12.1 Å². The van der Waals surface area contributed by atoms with E-state index in [1.54, 1.807) is 17.3 Å². The van der Waals surface area contributed by atoms with E-state index in [2.05, 4.69) is 16.9 Å². The minimum Gasteiger partial charge on any atom is -0.490 e. The Balaban J connectivity index is 1.42. The Kier molecular flexibility index (Phi) is 7.85. The molecule has 0 radical (unpaired) electrons. The van der Waals surface area contributed by atoms with Crippen molar-refractivity contribution in [1.82, 2.24) is 14.9 Å². The normalized spacial score (nSPS) is 17.0. The number of carbonyl (C=O) groups excluding carboxylic acids is 1. The molecule has 1 amide bonds. The van der Waals surface area contributed by atoms with Crippen molar-refractivity contribution in [2.75, 3.05) is 19.8 Å². The molecule has 0 N–H and O–H groups in total. The van der Waals surface area contributed by atoms with E-state index >= 15 is 0 Å². The van der Waals surface area contributed by atoms with Gasteiger partial charge in [0.1, 0.15) is 18.0 Å². The van der Waals surface area contributed by atoms with Crippen molar-refractivity contribution in [3.8, 4) is 5.75 Å². The van der Waals surface area contributed by atoms with E-state index in [0.717, 1.165) is 29.8 Å². The summed E-state index contributed by atoms with van der Waals surface area (Å²) < 4.78 is 17.2. The summed E-state index contributed by atoms with van der Waals surface area (Å²) in [6.45, 7) is 10.1. The lowest BCUT2D eigenvalue weighted by atomic mass is 10.0. The Morgan fingerprint density at radius 2 is 2.13 bits per heavy atom. The Hall–Kier alpha value is -2.67.